The van der Waals surface area contributed by atoms with Gasteiger partial charge in [-0.2, -0.15) is 0 Å². The fraction of sp³-hybridized carbons (Fsp3) is 0.231. The summed E-state index contributed by atoms with van der Waals surface area (Å²) in [7, 11) is -2.89. The molecule has 1 aromatic rings. The molecular weight excluding hydrogens is 299 g/mol. The predicted octanol–water partition coefficient (Wildman–Crippen LogP) is 4.98. The minimum absolute atomic E-state index is 0.467. The van der Waals surface area contributed by atoms with Crippen molar-refractivity contribution in [2.24, 2.45) is 0 Å². The molecule has 4 heteroatoms. The molecule has 90 valence electrons. The first-order chi connectivity index (χ1) is 7.97. The van der Waals surface area contributed by atoms with Crippen LogP contribution in [-0.4, -0.2) is 5.60 Å². The molecule has 17 heavy (non-hydrogen) atoms. The number of benzene rings is 1. The van der Waals surface area contributed by atoms with Gasteiger partial charge in [0, 0.05) is 5.82 Å². The molecule has 1 heterocycles. The van der Waals surface area contributed by atoms with Gasteiger partial charge in [-0.05, 0) is 30.5 Å². The SMILES string of the molecule is CC1(C)C=CP(=O)(/C(=C\Br)c2ccccc2)O1. The van der Waals surface area contributed by atoms with Gasteiger partial charge >= 0.3 is 0 Å². The Balaban J connectivity index is 2.41. The van der Waals surface area contributed by atoms with Crippen LogP contribution in [0.1, 0.15) is 19.4 Å². The Morgan fingerprint density at radius 1 is 1.35 bits per heavy atom. The number of hydrogen-bond acceptors (Lipinski definition) is 2. The smallest absolute Gasteiger partial charge is 0.255 e. The van der Waals surface area contributed by atoms with Gasteiger partial charge in [0.15, 0.2) is 0 Å². The molecule has 0 fully saturated rings. The van der Waals surface area contributed by atoms with E-state index in [4.69, 9.17) is 4.52 Å². The largest absolute Gasteiger partial charge is 0.312 e. The highest BCUT2D eigenvalue weighted by Gasteiger charge is 2.38. The van der Waals surface area contributed by atoms with E-state index >= 15 is 0 Å². The molecule has 0 aromatic heterocycles. The summed E-state index contributed by atoms with van der Waals surface area (Å²) in [5, 5.41) is 0.694. The minimum atomic E-state index is -2.89. The van der Waals surface area contributed by atoms with Crippen molar-refractivity contribution in [3.63, 3.8) is 0 Å². The van der Waals surface area contributed by atoms with Crippen molar-refractivity contribution in [1.82, 2.24) is 0 Å². The van der Waals surface area contributed by atoms with Crippen LogP contribution in [0.4, 0.5) is 0 Å². The first-order valence-electron chi connectivity index (χ1n) is 5.34. The zero-order valence-corrected chi connectivity index (χ0v) is 12.2. The summed E-state index contributed by atoms with van der Waals surface area (Å²) in [4.78, 5) is 1.69. The van der Waals surface area contributed by atoms with Crippen molar-refractivity contribution in [2.45, 2.75) is 19.4 Å². The highest BCUT2D eigenvalue weighted by atomic mass is 79.9. The average molecular weight is 313 g/mol. The van der Waals surface area contributed by atoms with E-state index in [9.17, 15) is 4.57 Å². The van der Waals surface area contributed by atoms with Crippen LogP contribution in [0.3, 0.4) is 0 Å². The maximum atomic E-state index is 12.8. The van der Waals surface area contributed by atoms with Gasteiger partial charge in [0.25, 0.3) is 7.37 Å². The highest BCUT2D eigenvalue weighted by Crippen LogP contribution is 2.66. The van der Waals surface area contributed by atoms with Gasteiger partial charge in [-0.1, -0.05) is 46.3 Å². The van der Waals surface area contributed by atoms with Crippen LogP contribution in [0.5, 0.6) is 0 Å². The summed E-state index contributed by atoms with van der Waals surface area (Å²) in [6, 6.07) is 9.62. The molecular formula is C13H14BrO2P. The van der Waals surface area contributed by atoms with Crippen LogP contribution in [0.15, 0.2) is 47.2 Å². The molecule has 0 aliphatic carbocycles. The summed E-state index contributed by atoms with van der Waals surface area (Å²) >= 11 is 3.29. The number of halogens is 1. The molecule has 1 aliphatic rings. The van der Waals surface area contributed by atoms with E-state index in [-0.39, 0.29) is 0 Å². The quantitative estimate of drug-likeness (QED) is 0.720. The van der Waals surface area contributed by atoms with Gasteiger partial charge in [-0.15, -0.1) is 0 Å². The molecule has 1 atom stereocenters. The summed E-state index contributed by atoms with van der Waals surface area (Å²) in [5.74, 6) is 1.69. The van der Waals surface area contributed by atoms with E-state index in [1.165, 1.54) is 0 Å². The monoisotopic (exact) mass is 312 g/mol. The fourth-order valence-electron chi connectivity index (χ4n) is 1.74. The Labute approximate surface area is 110 Å². The van der Waals surface area contributed by atoms with Gasteiger partial charge in [0.05, 0.1) is 10.9 Å². The zero-order chi connectivity index (χ0) is 12.5. The van der Waals surface area contributed by atoms with E-state index < -0.39 is 13.0 Å². The second-order valence-corrected chi connectivity index (χ2v) is 7.08. The molecule has 1 aliphatic heterocycles. The van der Waals surface area contributed by atoms with E-state index in [0.29, 0.717) is 5.31 Å². The van der Waals surface area contributed by atoms with Crippen LogP contribution in [0.2, 0.25) is 0 Å². The second-order valence-electron chi connectivity index (χ2n) is 4.47. The first-order valence-corrected chi connectivity index (χ1v) is 7.95. The molecule has 1 unspecified atom stereocenters. The summed E-state index contributed by atoms with van der Waals surface area (Å²) in [6.45, 7) is 3.81. The molecule has 1 aromatic carbocycles. The lowest BCUT2D eigenvalue weighted by Gasteiger charge is -2.21. The zero-order valence-electron chi connectivity index (χ0n) is 9.76. The number of hydrogen-bond donors (Lipinski definition) is 0. The third kappa shape index (κ3) is 2.62. The molecule has 0 spiro atoms. The fourth-order valence-corrected chi connectivity index (χ4v) is 5.14. The van der Waals surface area contributed by atoms with Crippen LogP contribution in [0, 0.1) is 0 Å². The molecule has 0 bridgehead atoms. The molecule has 0 saturated heterocycles. The molecule has 2 rings (SSSR count). The summed E-state index contributed by atoms with van der Waals surface area (Å²) in [6.07, 6.45) is 1.85. The summed E-state index contributed by atoms with van der Waals surface area (Å²) in [5.41, 5.74) is 0.445. The van der Waals surface area contributed by atoms with Gasteiger partial charge in [0.2, 0.25) is 0 Å². The number of rotatable bonds is 2. The van der Waals surface area contributed by atoms with Crippen molar-refractivity contribution in [2.75, 3.05) is 0 Å². The van der Waals surface area contributed by atoms with Gasteiger partial charge in [-0.25, -0.2) is 0 Å². The van der Waals surface area contributed by atoms with Crippen LogP contribution in [0.25, 0.3) is 5.31 Å². The Morgan fingerprint density at radius 3 is 2.47 bits per heavy atom. The lowest BCUT2D eigenvalue weighted by Crippen LogP contribution is -2.14. The standard InChI is InChI=1S/C13H14BrO2P/c1-13(2)8-9-17(15,16-13)12(10-14)11-6-4-3-5-7-11/h3-10H,1-2H3/b12-10-. The molecule has 0 radical (unpaired) electrons. The van der Waals surface area contributed by atoms with Crippen LogP contribution >= 0.6 is 23.3 Å². The lowest BCUT2D eigenvalue weighted by atomic mass is 10.1. The average Bonchev–Trinajstić information content (AvgIpc) is 2.56. The van der Waals surface area contributed by atoms with Crippen LogP contribution in [-0.2, 0) is 9.09 Å². The van der Waals surface area contributed by atoms with Crippen molar-refractivity contribution in [1.29, 1.82) is 0 Å². The normalized spacial score (nSPS) is 27.4. The van der Waals surface area contributed by atoms with Gasteiger partial charge < -0.3 is 4.52 Å². The third-order valence-corrected chi connectivity index (χ3v) is 5.71. The van der Waals surface area contributed by atoms with Gasteiger partial charge in [-0.3, -0.25) is 4.57 Å². The van der Waals surface area contributed by atoms with E-state index in [1.807, 2.05) is 50.3 Å². The van der Waals surface area contributed by atoms with Crippen molar-refractivity contribution < 1.29 is 9.09 Å². The Bertz CT molecular complexity index is 517. The predicted molar refractivity (Wildman–Crippen MR) is 75.3 cm³/mol. The maximum Gasteiger partial charge on any atom is 0.255 e. The highest BCUT2D eigenvalue weighted by molar-refractivity contribution is 9.11. The van der Waals surface area contributed by atoms with Crippen molar-refractivity contribution in [3.8, 4) is 0 Å². The van der Waals surface area contributed by atoms with Crippen molar-refractivity contribution >= 4 is 28.6 Å². The minimum Gasteiger partial charge on any atom is -0.312 e. The first kappa shape index (κ1) is 12.8. The van der Waals surface area contributed by atoms with E-state index in [1.54, 1.807) is 10.8 Å². The van der Waals surface area contributed by atoms with Gasteiger partial charge in [0.1, 0.15) is 0 Å². The summed E-state index contributed by atoms with van der Waals surface area (Å²) < 4.78 is 18.4. The molecule has 0 amide bonds. The molecule has 2 nitrogen and oxygen atoms in total. The Hall–Kier alpha value is -0.630. The maximum absolute atomic E-state index is 12.8. The Kier molecular flexibility index (Phi) is 3.44. The van der Waals surface area contributed by atoms with Crippen molar-refractivity contribution in [3.05, 3.63) is 52.8 Å². The second kappa shape index (κ2) is 4.56. The molecule has 0 N–H and O–H groups in total. The topological polar surface area (TPSA) is 26.3 Å². The third-order valence-electron chi connectivity index (χ3n) is 2.55. The van der Waals surface area contributed by atoms with Crippen LogP contribution < -0.4 is 0 Å². The van der Waals surface area contributed by atoms with E-state index in [2.05, 4.69) is 15.9 Å². The van der Waals surface area contributed by atoms with E-state index in [0.717, 1.165) is 5.56 Å². The Morgan fingerprint density at radius 2 is 2.00 bits per heavy atom. The molecule has 0 saturated carbocycles. The lowest BCUT2D eigenvalue weighted by molar-refractivity contribution is 0.183.